The third-order valence-corrected chi connectivity index (χ3v) is 10.9. The van der Waals surface area contributed by atoms with Crippen LogP contribution >= 0.6 is 0 Å². The van der Waals surface area contributed by atoms with E-state index >= 15 is 0 Å². The SMILES string of the molecule is C[C@H]1O[C@H](O[C@H]2[C@H](O[C@@H]3O[C@H](/C=N/OCc4ccc([N+](=O)[O-])cc4)[C@@H](O[C@H]4O[C@@H](CN)[C@@H](O)[C@H](O)[C@H]4N)[C@H]3O)[C@@H](O)[C@H](N)C[C@@H]2N)[C@H](N)[C@@H](O)[C@@H]1O.O=C(O)C(F)(F)F.O=C(O)C(F)(F)F.O=C(O)C(F)(F)F.O=C(O)C(F)(F)F.O=C(O)C(F)(F)F. The number of aliphatic hydroxyl groups is 6. The van der Waals surface area contributed by atoms with Gasteiger partial charge in [-0.05, 0) is 31.0 Å². The maximum atomic E-state index is 11.5. The second-order valence-electron chi connectivity index (χ2n) is 17.4. The van der Waals surface area contributed by atoms with Crippen molar-refractivity contribution in [2.45, 2.75) is 167 Å². The number of rotatable bonds is 12. The van der Waals surface area contributed by atoms with Gasteiger partial charge in [0.25, 0.3) is 5.69 Å². The average Bonchev–Trinajstić information content (AvgIpc) is 1.93. The third kappa shape index (κ3) is 26.5. The molecule has 1 saturated carbocycles. The largest absolute Gasteiger partial charge is 0.490 e. The van der Waals surface area contributed by atoms with Crippen molar-refractivity contribution in [2.24, 2.45) is 33.8 Å². The molecule has 0 radical (unpaired) electrons. The first-order valence-electron chi connectivity index (χ1n) is 23.0. The van der Waals surface area contributed by atoms with Crippen molar-refractivity contribution in [1.29, 1.82) is 0 Å². The summed E-state index contributed by atoms with van der Waals surface area (Å²) in [5.41, 5.74) is 30.9. The Morgan fingerprint density at radius 3 is 1.31 bits per heavy atom. The number of nitrogens with zero attached hydrogens (tertiary/aromatic N) is 2. The quantitative estimate of drug-likeness (QED) is 0.0443. The summed E-state index contributed by atoms with van der Waals surface area (Å²) in [6.07, 6.45) is -44.4. The van der Waals surface area contributed by atoms with Crippen LogP contribution in [0.3, 0.4) is 0 Å². The molecule has 21 N–H and O–H groups in total. The Hall–Kier alpha value is -6.29. The van der Waals surface area contributed by atoms with E-state index < -0.39 is 182 Å². The number of carboxylic acids is 5. The summed E-state index contributed by atoms with van der Waals surface area (Å²) < 4.78 is 194. The van der Waals surface area contributed by atoms with Crippen LogP contribution < -0.4 is 28.7 Å². The molecule has 87 heavy (non-hydrogen) atoms. The number of hydrogen-bond donors (Lipinski definition) is 16. The number of non-ortho nitro benzene ring substituents is 1. The molecule has 1 aromatic carbocycles. The van der Waals surface area contributed by atoms with Gasteiger partial charge in [0.15, 0.2) is 18.9 Å². The number of nitro benzene ring substituents is 1. The first kappa shape index (κ1) is 80.7. The number of carbonyl (C=O) groups is 5. The van der Waals surface area contributed by atoms with Crippen molar-refractivity contribution in [2.75, 3.05) is 6.54 Å². The molecule has 5 rings (SSSR count). The van der Waals surface area contributed by atoms with Crippen LogP contribution in [0.2, 0.25) is 0 Å². The predicted molar refractivity (Wildman–Crippen MR) is 243 cm³/mol. The number of nitro groups is 1. The molecule has 1 aromatic rings. The molecule has 3 heterocycles. The fraction of sp³-hybridized carbons (Fsp3) is 0.700. The van der Waals surface area contributed by atoms with Crippen LogP contribution in [-0.4, -0.2) is 251 Å². The molecule has 1 aliphatic carbocycles. The molecule has 0 aromatic heterocycles. The van der Waals surface area contributed by atoms with Gasteiger partial charge < -0.3 is 118 Å². The van der Waals surface area contributed by atoms with E-state index in [0.717, 1.165) is 6.21 Å². The lowest BCUT2D eigenvalue weighted by atomic mass is 9.84. The highest BCUT2D eigenvalue weighted by Gasteiger charge is 2.54. The topological polar surface area (TPSA) is 558 Å². The van der Waals surface area contributed by atoms with E-state index in [-0.39, 0.29) is 25.3 Å². The van der Waals surface area contributed by atoms with Crippen LogP contribution in [0, 0.1) is 10.1 Å². The van der Waals surface area contributed by atoms with Crippen LogP contribution in [0.5, 0.6) is 0 Å². The summed E-state index contributed by atoms with van der Waals surface area (Å²) in [5.74, 6) is -13.8. The Balaban J connectivity index is 0.00000170. The molecule has 4 aliphatic rings. The van der Waals surface area contributed by atoms with Gasteiger partial charge in [0, 0.05) is 30.8 Å². The Kier molecular flexibility index (Phi) is 31.4. The van der Waals surface area contributed by atoms with E-state index in [0.29, 0.717) is 5.56 Å². The summed E-state index contributed by atoms with van der Waals surface area (Å²) in [6, 6.07) is 1.27. The van der Waals surface area contributed by atoms with E-state index in [1.807, 2.05) is 0 Å². The molecular weight excluding hydrogens is 1260 g/mol. The lowest BCUT2D eigenvalue weighted by Gasteiger charge is -2.47. The monoisotopic (exact) mass is 1320 g/mol. The zero-order valence-corrected chi connectivity index (χ0v) is 43.1. The standard InChI is InChI=1S/C30H49N7O15.5C2HF3O2/c1-10-19(38)22(41)17(34)28(47-10)50-25-14(33)6-13(32)20(39)27(25)52-30-24(43)26(51-29-18(35)23(42)21(40)15(7-31)48-29)16(49-30)8-36-46-9-11-2-4-12(5-3-11)37(44)45;5*3-2(4,5)1(6)7/h2-5,8,10,13-30,38-43H,6-7,9,31-35H2,1H3;5*(H,6,7)/b36-8+;;;;;/t10-,13-,14+,15+,16-,17-,18-,19-,20+,21-,22-,23-,24-,25-,26-,27-,28-,29-,30+;;;;;/m1...../s1. The number of alkyl halides is 15. The van der Waals surface area contributed by atoms with Crippen molar-refractivity contribution < 1.29 is 184 Å². The average molecular weight is 1320 g/mol. The number of nitrogens with two attached hydrogens (primary N) is 5. The minimum absolute atomic E-state index is 0.0724. The highest BCUT2D eigenvalue weighted by Crippen LogP contribution is 2.34. The van der Waals surface area contributed by atoms with Crippen LogP contribution in [0.1, 0.15) is 18.9 Å². The lowest BCUT2D eigenvalue weighted by Crippen LogP contribution is -2.67. The van der Waals surface area contributed by atoms with Gasteiger partial charge in [0.1, 0.15) is 67.6 Å². The number of benzene rings is 1. The fourth-order valence-electron chi connectivity index (χ4n) is 6.49. The Morgan fingerprint density at radius 1 is 0.563 bits per heavy atom. The zero-order valence-electron chi connectivity index (χ0n) is 43.1. The Bertz CT molecular complexity index is 2240. The van der Waals surface area contributed by atoms with Gasteiger partial charge in [-0.1, -0.05) is 5.16 Å². The van der Waals surface area contributed by atoms with Gasteiger partial charge in [0.05, 0.1) is 35.4 Å². The Morgan fingerprint density at radius 2 is 0.931 bits per heavy atom. The van der Waals surface area contributed by atoms with Gasteiger partial charge in [0.2, 0.25) is 0 Å². The molecule has 47 heteroatoms. The van der Waals surface area contributed by atoms with E-state index in [1.54, 1.807) is 0 Å². The molecule has 0 bridgehead atoms. The van der Waals surface area contributed by atoms with Gasteiger partial charge in [-0.3, -0.25) is 10.1 Å². The van der Waals surface area contributed by atoms with E-state index in [9.17, 15) is 107 Å². The van der Waals surface area contributed by atoms with Crippen molar-refractivity contribution in [3.05, 3.63) is 39.9 Å². The molecule has 32 nitrogen and oxygen atoms in total. The van der Waals surface area contributed by atoms with Crippen LogP contribution in [0.25, 0.3) is 0 Å². The number of aliphatic carboxylic acids is 5. The molecule has 19 atom stereocenters. The van der Waals surface area contributed by atoms with Gasteiger partial charge >= 0.3 is 60.7 Å². The van der Waals surface area contributed by atoms with Gasteiger partial charge in [-0.15, -0.1) is 0 Å². The molecule has 3 aliphatic heterocycles. The minimum atomic E-state index is -5.08. The fourth-order valence-corrected chi connectivity index (χ4v) is 6.49. The highest BCUT2D eigenvalue weighted by atomic mass is 19.4. The van der Waals surface area contributed by atoms with E-state index in [2.05, 4.69) is 5.16 Å². The van der Waals surface area contributed by atoms with Crippen molar-refractivity contribution >= 4 is 41.7 Å². The number of halogens is 15. The number of hydrogen-bond acceptors (Lipinski definition) is 26. The van der Waals surface area contributed by atoms with Gasteiger partial charge in [-0.2, -0.15) is 65.9 Å². The maximum Gasteiger partial charge on any atom is 0.490 e. The zero-order chi connectivity index (χ0) is 68.4. The van der Waals surface area contributed by atoms with Crippen molar-refractivity contribution in [3.8, 4) is 0 Å². The number of ether oxygens (including phenoxy) is 6. The summed E-state index contributed by atoms with van der Waals surface area (Å²) in [7, 11) is 0. The lowest BCUT2D eigenvalue weighted by molar-refractivity contribution is -0.384. The number of aliphatic hydroxyl groups excluding tert-OH is 6. The molecule has 0 spiro atoms. The molecule has 504 valence electrons. The summed E-state index contributed by atoms with van der Waals surface area (Å²) >= 11 is 0. The van der Waals surface area contributed by atoms with Crippen LogP contribution in [-0.2, 0) is 63.8 Å². The number of oxime groups is 1. The summed E-state index contributed by atoms with van der Waals surface area (Å²) in [5, 5.41) is 115. The maximum absolute atomic E-state index is 11.5. The minimum Gasteiger partial charge on any atom is -0.475 e. The molecule has 4 fully saturated rings. The number of carboxylic acid groups (broad SMARTS) is 5. The smallest absolute Gasteiger partial charge is 0.475 e. The first-order valence-corrected chi connectivity index (χ1v) is 23.0. The van der Waals surface area contributed by atoms with E-state index in [4.69, 9.17) is 111 Å². The molecule has 0 unspecified atom stereocenters. The highest BCUT2D eigenvalue weighted by molar-refractivity contribution is 5.74. The second kappa shape index (κ2) is 33.9. The van der Waals surface area contributed by atoms with Gasteiger partial charge in [-0.25, -0.2) is 24.0 Å². The first-order chi connectivity index (χ1) is 39.3. The summed E-state index contributed by atoms with van der Waals surface area (Å²) in [6.45, 7) is 1.20. The van der Waals surface area contributed by atoms with Crippen molar-refractivity contribution in [1.82, 2.24) is 0 Å². The second-order valence-corrected chi connectivity index (χ2v) is 17.4. The molecular formula is C40H54F15N7O25. The molecule has 0 amide bonds. The molecule has 3 saturated heterocycles. The van der Waals surface area contributed by atoms with E-state index in [1.165, 1.54) is 31.2 Å². The Labute approximate surface area is 473 Å². The van der Waals surface area contributed by atoms with Crippen molar-refractivity contribution in [3.63, 3.8) is 0 Å². The summed E-state index contributed by atoms with van der Waals surface area (Å²) in [4.78, 5) is 60.2. The normalized spacial score (nSPS) is 31.8. The van der Waals surface area contributed by atoms with Crippen LogP contribution in [0.4, 0.5) is 71.5 Å². The predicted octanol–water partition coefficient (Wildman–Crippen LogP) is -2.55. The third-order valence-electron chi connectivity index (χ3n) is 10.9. The van der Waals surface area contributed by atoms with Crippen LogP contribution in [0.15, 0.2) is 29.4 Å².